The zero-order valence-corrected chi connectivity index (χ0v) is 20.4. The number of benzene rings is 2. The summed E-state index contributed by atoms with van der Waals surface area (Å²) in [5, 5.41) is 11.3. The molecule has 35 heavy (non-hydrogen) atoms. The molecule has 8 nitrogen and oxygen atoms in total. The van der Waals surface area contributed by atoms with Gasteiger partial charge >= 0.3 is 0 Å². The lowest BCUT2D eigenvalue weighted by Gasteiger charge is -2.31. The van der Waals surface area contributed by atoms with Crippen LogP contribution in [-0.2, 0) is 14.3 Å². The van der Waals surface area contributed by atoms with Gasteiger partial charge in [-0.15, -0.1) is 0 Å². The van der Waals surface area contributed by atoms with E-state index >= 15 is 0 Å². The number of carbonyl (C=O) groups excluding carboxylic acids is 2. The summed E-state index contributed by atoms with van der Waals surface area (Å²) in [5.74, 6) is -0.253. The van der Waals surface area contributed by atoms with E-state index in [1.54, 1.807) is 48.4 Å². The summed E-state index contributed by atoms with van der Waals surface area (Å²) >= 11 is 0. The van der Waals surface area contributed by atoms with E-state index in [-0.39, 0.29) is 17.4 Å². The Morgan fingerprint density at radius 1 is 1.06 bits per heavy atom. The number of likely N-dealkylation sites (tertiary alicyclic amines) is 1. The summed E-state index contributed by atoms with van der Waals surface area (Å²) in [6, 6.07) is 13.4. The van der Waals surface area contributed by atoms with Crippen LogP contribution in [0.15, 0.2) is 54.1 Å². The first-order valence-corrected chi connectivity index (χ1v) is 11.9. The van der Waals surface area contributed by atoms with Gasteiger partial charge in [0.25, 0.3) is 11.7 Å². The molecule has 186 valence electrons. The summed E-state index contributed by atoms with van der Waals surface area (Å²) in [6.07, 6.45) is 0.0132. The van der Waals surface area contributed by atoms with E-state index in [0.717, 1.165) is 13.1 Å². The molecule has 2 aromatic carbocycles. The highest BCUT2D eigenvalue weighted by molar-refractivity contribution is 6.46. The molecule has 0 saturated carbocycles. The zero-order chi connectivity index (χ0) is 24.9. The topological polar surface area (TPSA) is 88.5 Å². The van der Waals surface area contributed by atoms with Gasteiger partial charge in [0.15, 0.2) is 0 Å². The van der Waals surface area contributed by atoms with Gasteiger partial charge in [-0.1, -0.05) is 12.1 Å². The first-order valence-electron chi connectivity index (χ1n) is 11.9. The highest BCUT2D eigenvalue weighted by atomic mass is 16.5. The average Bonchev–Trinajstić information content (AvgIpc) is 3.12. The van der Waals surface area contributed by atoms with E-state index in [0.29, 0.717) is 48.9 Å². The van der Waals surface area contributed by atoms with Crippen LogP contribution in [0.5, 0.6) is 11.5 Å². The fourth-order valence-electron chi connectivity index (χ4n) is 4.46. The molecular weight excluding hydrogens is 448 g/mol. The normalized spacial score (nSPS) is 20.5. The molecule has 0 spiro atoms. The van der Waals surface area contributed by atoms with Gasteiger partial charge in [0.05, 0.1) is 38.0 Å². The Balaban J connectivity index is 1.71. The number of amides is 1. The molecule has 2 aliphatic heterocycles. The third-order valence-electron chi connectivity index (χ3n) is 6.21. The van der Waals surface area contributed by atoms with Crippen molar-refractivity contribution in [3.8, 4) is 11.5 Å². The standard InChI is InChI=1S/C27H32N2O6/c1-18(2)35-21-9-7-19(8-10-21)25(30)23-24(20-5-4-6-22(17-20)33-3)29(27(32)26(23)31)12-11-28-13-15-34-16-14-28/h4-10,17-18,24,30H,11-16H2,1-3H3. The van der Waals surface area contributed by atoms with Crippen molar-refractivity contribution >= 4 is 17.4 Å². The van der Waals surface area contributed by atoms with Gasteiger partial charge in [-0.2, -0.15) is 0 Å². The second-order valence-corrected chi connectivity index (χ2v) is 8.91. The van der Waals surface area contributed by atoms with Crippen molar-refractivity contribution in [3.05, 3.63) is 65.2 Å². The van der Waals surface area contributed by atoms with Crippen LogP contribution >= 0.6 is 0 Å². The van der Waals surface area contributed by atoms with Crippen LogP contribution < -0.4 is 9.47 Å². The number of aliphatic hydroxyl groups excluding tert-OH is 1. The van der Waals surface area contributed by atoms with E-state index < -0.39 is 17.7 Å². The fourth-order valence-corrected chi connectivity index (χ4v) is 4.46. The molecule has 1 N–H and O–H groups in total. The summed E-state index contributed by atoms with van der Waals surface area (Å²) < 4.78 is 16.5. The fraction of sp³-hybridized carbons (Fsp3) is 0.407. The molecule has 2 fully saturated rings. The maximum absolute atomic E-state index is 13.2. The third-order valence-corrected chi connectivity index (χ3v) is 6.21. The molecule has 2 aliphatic rings. The molecule has 1 amide bonds. The minimum absolute atomic E-state index is 0.0132. The Hall–Kier alpha value is -3.36. The predicted octanol–water partition coefficient (Wildman–Crippen LogP) is 3.24. The molecule has 2 saturated heterocycles. The van der Waals surface area contributed by atoms with E-state index in [1.807, 2.05) is 26.0 Å². The Kier molecular flexibility index (Phi) is 7.73. The van der Waals surface area contributed by atoms with Crippen molar-refractivity contribution in [2.24, 2.45) is 0 Å². The number of methoxy groups -OCH3 is 1. The number of morpholine rings is 1. The zero-order valence-electron chi connectivity index (χ0n) is 20.4. The average molecular weight is 481 g/mol. The highest BCUT2D eigenvalue weighted by Crippen LogP contribution is 2.40. The molecule has 1 atom stereocenters. The maximum Gasteiger partial charge on any atom is 0.295 e. The summed E-state index contributed by atoms with van der Waals surface area (Å²) in [5.41, 5.74) is 1.22. The Morgan fingerprint density at radius 3 is 2.43 bits per heavy atom. The molecule has 0 aromatic heterocycles. The Bertz CT molecular complexity index is 1090. The summed E-state index contributed by atoms with van der Waals surface area (Å²) in [6.45, 7) is 7.67. The lowest BCUT2D eigenvalue weighted by molar-refractivity contribution is -0.140. The largest absolute Gasteiger partial charge is 0.507 e. The minimum atomic E-state index is -0.724. The molecular formula is C27H32N2O6. The number of ether oxygens (including phenoxy) is 3. The monoisotopic (exact) mass is 480 g/mol. The van der Waals surface area contributed by atoms with Crippen molar-refractivity contribution in [1.29, 1.82) is 0 Å². The number of nitrogens with zero attached hydrogens (tertiary/aromatic N) is 2. The van der Waals surface area contributed by atoms with Crippen molar-refractivity contribution in [1.82, 2.24) is 9.80 Å². The summed E-state index contributed by atoms with van der Waals surface area (Å²) in [4.78, 5) is 30.2. The lowest BCUT2D eigenvalue weighted by atomic mass is 9.95. The van der Waals surface area contributed by atoms with Crippen LogP contribution in [0.25, 0.3) is 5.76 Å². The van der Waals surface area contributed by atoms with E-state index in [9.17, 15) is 14.7 Å². The van der Waals surface area contributed by atoms with Crippen molar-refractivity contribution < 1.29 is 28.9 Å². The molecule has 2 aromatic rings. The van der Waals surface area contributed by atoms with Gasteiger partial charge < -0.3 is 24.2 Å². The highest BCUT2D eigenvalue weighted by Gasteiger charge is 2.46. The molecule has 8 heteroatoms. The molecule has 0 aliphatic carbocycles. The van der Waals surface area contributed by atoms with Crippen molar-refractivity contribution in [2.75, 3.05) is 46.5 Å². The van der Waals surface area contributed by atoms with E-state index in [1.165, 1.54) is 0 Å². The minimum Gasteiger partial charge on any atom is -0.507 e. The first-order chi connectivity index (χ1) is 16.9. The molecule has 0 radical (unpaired) electrons. The number of ketones is 1. The summed E-state index contributed by atoms with van der Waals surface area (Å²) in [7, 11) is 1.56. The van der Waals surface area contributed by atoms with Crippen LogP contribution in [0, 0.1) is 0 Å². The molecule has 2 heterocycles. The maximum atomic E-state index is 13.2. The Labute approximate surface area is 205 Å². The number of carbonyl (C=O) groups is 2. The number of hydrogen-bond donors (Lipinski definition) is 1. The van der Waals surface area contributed by atoms with Gasteiger partial charge in [-0.25, -0.2) is 0 Å². The number of Topliss-reactive ketones (excluding diaryl/α,β-unsaturated/α-hetero) is 1. The van der Waals surface area contributed by atoms with Crippen LogP contribution in [-0.4, -0.2) is 79.2 Å². The van der Waals surface area contributed by atoms with Gasteiger partial charge in [0.1, 0.15) is 17.3 Å². The molecule has 1 unspecified atom stereocenters. The number of hydrogen-bond acceptors (Lipinski definition) is 7. The van der Waals surface area contributed by atoms with Gasteiger partial charge in [-0.05, 0) is 55.8 Å². The number of rotatable bonds is 8. The smallest absolute Gasteiger partial charge is 0.295 e. The van der Waals surface area contributed by atoms with Crippen LogP contribution in [0.1, 0.15) is 31.0 Å². The van der Waals surface area contributed by atoms with Crippen LogP contribution in [0.2, 0.25) is 0 Å². The van der Waals surface area contributed by atoms with Gasteiger partial charge in [-0.3, -0.25) is 14.5 Å². The van der Waals surface area contributed by atoms with Crippen LogP contribution in [0.3, 0.4) is 0 Å². The third kappa shape index (κ3) is 5.49. The SMILES string of the molecule is COc1cccc(C2C(=C(O)c3ccc(OC(C)C)cc3)C(=O)C(=O)N2CCN2CCOCC2)c1. The van der Waals surface area contributed by atoms with Gasteiger partial charge in [0, 0.05) is 31.7 Å². The van der Waals surface area contributed by atoms with Crippen molar-refractivity contribution in [3.63, 3.8) is 0 Å². The second kappa shape index (κ2) is 10.9. The molecule has 0 bridgehead atoms. The molecule has 4 rings (SSSR count). The lowest BCUT2D eigenvalue weighted by Crippen LogP contribution is -2.42. The predicted molar refractivity (Wildman–Crippen MR) is 131 cm³/mol. The van der Waals surface area contributed by atoms with Crippen molar-refractivity contribution in [2.45, 2.75) is 26.0 Å². The second-order valence-electron chi connectivity index (χ2n) is 8.91. The Morgan fingerprint density at radius 2 is 1.77 bits per heavy atom. The quantitative estimate of drug-likeness (QED) is 0.353. The number of aliphatic hydroxyl groups is 1. The van der Waals surface area contributed by atoms with Gasteiger partial charge in [0.2, 0.25) is 0 Å². The van der Waals surface area contributed by atoms with E-state index in [4.69, 9.17) is 14.2 Å². The van der Waals surface area contributed by atoms with Crippen LogP contribution in [0.4, 0.5) is 0 Å². The first kappa shape index (κ1) is 24.8. The van der Waals surface area contributed by atoms with E-state index in [2.05, 4.69) is 4.90 Å².